The number of rotatable bonds is 4. The molecule has 1 aromatic rings. The number of nitrogens with zero attached hydrogens (tertiary/aromatic N) is 1. The van der Waals surface area contributed by atoms with Crippen LogP contribution in [0.5, 0.6) is 0 Å². The lowest BCUT2D eigenvalue weighted by Gasteiger charge is -2.11. The molecular formula is C8H11NO4S. The van der Waals surface area contributed by atoms with Crippen LogP contribution in [0.3, 0.4) is 0 Å². The van der Waals surface area contributed by atoms with E-state index in [1.165, 1.54) is 6.20 Å². The number of hydrogen-bond acceptors (Lipinski definition) is 5. The van der Waals surface area contributed by atoms with Crippen molar-refractivity contribution in [2.75, 3.05) is 0 Å². The van der Waals surface area contributed by atoms with E-state index in [1.54, 1.807) is 25.1 Å². The van der Waals surface area contributed by atoms with Crippen molar-refractivity contribution in [3.63, 3.8) is 0 Å². The van der Waals surface area contributed by atoms with Gasteiger partial charge >= 0.3 is 10.1 Å². The summed E-state index contributed by atoms with van der Waals surface area (Å²) in [5.41, 5.74) is 0.365. The zero-order valence-corrected chi connectivity index (χ0v) is 8.44. The van der Waals surface area contributed by atoms with E-state index >= 15 is 0 Å². The van der Waals surface area contributed by atoms with Crippen molar-refractivity contribution in [1.82, 2.24) is 4.98 Å². The van der Waals surface area contributed by atoms with Gasteiger partial charge < -0.3 is 0 Å². The molecule has 78 valence electrons. The molecule has 0 aliphatic rings. The molecule has 1 heterocycles. The standard InChI is InChI=1S/C8H11NO4S/c1-2-8(14(11,12)13-10)7-5-3-4-6-9-7/h3-6,8,10H,2H2,1H3. The van der Waals surface area contributed by atoms with Gasteiger partial charge in [0.25, 0.3) is 0 Å². The van der Waals surface area contributed by atoms with E-state index in [2.05, 4.69) is 9.32 Å². The first-order chi connectivity index (χ1) is 6.61. The van der Waals surface area contributed by atoms with Gasteiger partial charge in [-0.2, -0.15) is 8.42 Å². The predicted molar refractivity (Wildman–Crippen MR) is 49.9 cm³/mol. The summed E-state index contributed by atoms with van der Waals surface area (Å²) in [6.07, 6.45) is 1.78. The van der Waals surface area contributed by atoms with Gasteiger partial charge in [-0.1, -0.05) is 13.0 Å². The molecule has 0 fully saturated rings. The highest BCUT2D eigenvalue weighted by Crippen LogP contribution is 2.24. The highest BCUT2D eigenvalue weighted by molar-refractivity contribution is 7.86. The minimum Gasteiger partial charge on any atom is -0.260 e. The molecule has 0 aromatic carbocycles. The third-order valence-electron chi connectivity index (χ3n) is 1.84. The zero-order valence-electron chi connectivity index (χ0n) is 7.62. The van der Waals surface area contributed by atoms with Crippen LogP contribution in [-0.2, 0) is 14.5 Å². The van der Waals surface area contributed by atoms with Crippen molar-refractivity contribution >= 4 is 10.1 Å². The van der Waals surface area contributed by atoms with Crippen LogP contribution in [-0.4, -0.2) is 18.7 Å². The summed E-state index contributed by atoms with van der Waals surface area (Å²) >= 11 is 0. The van der Waals surface area contributed by atoms with E-state index in [4.69, 9.17) is 5.26 Å². The fraction of sp³-hybridized carbons (Fsp3) is 0.375. The lowest BCUT2D eigenvalue weighted by atomic mass is 10.2. The third kappa shape index (κ3) is 2.28. The Hall–Kier alpha value is -0.980. The van der Waals surface area contributed by atoms with Crippen LogP contribution in [0.1, 0.15) is 24.3 Å². The van der Waals surface area contributed by atoms with Gasteiger partial charge in [0.05, 0.1) is 5.69 Å². The normalized spacial score (nSPS) is 13.9. The molecule has 1 unspecified atom stereocenters. The van der Waals surface area contributed by atoms with Crippen molar-refractivity contribution in [1.29, 1.82) is 0 Å². The molecule has 0 radical (unpaired) electrons. The summed E-state index contributed by atoms with van der Waals surface area (Å²) < 4.78 is 25.9. The third-order valence-corrected chi connectivity index (χ3v) is 3.32. The van der Waals surface area contributed by atoms with Gasteiger partial charge in [0.15, 0.2) is 0 Å². The first-order valence-electron chi connectivity index (χ1n) is 4.09. The first kappa shape index (κ1) is 11.1. The average molecular weight is 217 g/mol. The van der Waals surface area contributed by atoms with E-state index < -0.39 is 15.4 Å². The monoisotopic (exact) mass is 217 g/mol. The van der Waals surface area contributed by atoms with Crippen LogP contribution in [0.2, 0.25) is 0 Å². The second-order valence-electron chi connectivity index (χ2n) is 2.72. The number of hydrogen-bond donors (Lipinski definition) is 1. The van der Waals surface area contributed by atoms with Crippen molar-refractivity contribution < 1.29 is 18.0 Å². The van der Waals surface area contributed by atoms with Gasteiger partial charge in [-0.25, -0.2) is 5.26 Å². The van der Waals surface area contributed by atoms with Crippen molar-refractivity contribution in [3.05, 3.63) is 30.1 Å². The van der Waals surface area contributed by atoms with Crippen molar-refractivity contribution in [2.24, 2.45) is 0 Å². The molecule has 5 nitrogen and oxygen atoms in total. The quantitative estimate of drug-likeness (QED) is 0.608. The van der Waals surface area contributed by atoms with Crippen molar-refractivity contribution in [2.45, 2.75) is 18.6 Å². The largest absolute Gasteiger partial charge is 0.302 e. The molecule has 1 aromatic heterocycles. The summed E-state index contributed by atoms with van der Waals surface area (Å²) in [7, 11) is -3.97. The Balaban J connectivity index is 3.06. The molecule has 0 saturated heterocycles. The van der Waals surface area contributed by atoms with Crippen LogP contribution < -0.4 is 0 Å². The van der Waals surface area contributed by atoms with Crippen LogP contribution in [0.15, 0.2) is 24.4 Å². The highest BCUT2D eigenvalue weighted by atomic mass is 32.2. The molecule has 14 heavy (non-hydrogen) atoms. The zero-order chi connectivity index (χ0) is 10.6. The molecule has 1 rings (SSSR count). The van der Waals surface area contributed by atoms with Crippen molar-refractivity contribution in [3.8, 4) is 0 Å². The maximum Gasteiger partial charge on any atom is 0.302 e. The SMILES string of the molecule is CCC(c1ccccn1)S(=O)(=O)OO. The highest BCUT2D eigenvalue weighted by Gasteiger charge is 2.27. The minimum absolute atomic E-state index is 0.292. The molecule has 0 amide bonds. The van der Waals surface area contributed by atoms with Gasteiger partial charge in [-0.15, -0.1) is 4.33 Å². The maximum atomic E-state index is 11.2. The second-order valence-corrected chi connectivity index (χ2v) is 4.42. The molecule has 0 aliphatic carbocycles. The fourth-order valence-electron chi connectivity index (χ4n) is 1.18. The molecule has 1 atom stereocenters. The van der Waals surface area contributed by atoms with Crippen LogP contribution in [0, 0.1) is 0 Å². The summed E-state index contributed by atoms with van der Waals surface area (Å²) in [6.45, 7) is 1.68. The van der Waals surface area contributed by atoms with Gasteiger partial charge in [-0.3, -0.25) is 4.98 Å². The Kier molecular flexibility index (Phi) is 3.56. The lowest BCUT2D eigenvalue weighted by molar-refractivity contribution is -0.131. The lowest BCUT2D eigenvalue weighted by Crippen LogP contribution is -2.15. The summed E-state index contributed by atoms with van der Waals surface area (Å²) in [4.78, 5) is 3.89. The van der Waals surface area contributed by atoms with E-state index in [9.17, 15) is 8.42 Å². The van der Waals surface area contributed by atoms with Gasteiger partial charge in [0, 0.05) is 6.20 Å². The fourth-order valence-corrected chi connectivity index (χ4v) is 2.13. The second kappa shape index (κ2) is 4.50. The Labute approximate surface area is 82.4 Å². The van der Waals surface area contributed by atoms with E-state index in [0.29, 0.717) is 12.1 Å². The maximum absolute atomic E-state index is 11.2. The number of pyridine rings is 1. The minimum atomic E-state index is -3.97. The Bertz CT molecular complexity index is 376. The van der Waals surface area contributed by atoms with Gasteiger partial charge in [-0.05, 0) is 18.6 Å². The Morgan fingerprint density at radius 3 is 2.71 bits per heavy atom. The number of aromatic nitrogens is 1. The predicted octanol–water partition coefficient (Wildman–Crippen LogP) is 1.35. The molecule has 6 heteroatoms. The van der Waals surface area contributed by atoms with Crippen LogP contribution in [0.4, 0.5) is 0 Å². The molecule has 0 aliphatic heterocycles. The topological polar surface area (TPSA) is 76.5 Å². The Morgan fingerprint density at radius 1 is 1.57 bits per heavy atom. The van der Waals surface area contributed by atoms with Gasteiger partial charge in [0.1, 0.15) is 5.25 Å². The molecule has 0 bridgehead atoms. The first-order valence-corrected chi connectivity index (χ1v) is 5.56. The molecule has 0 spiro atoms. The molecule has 1 N–H and O–H groups in total. The average Bonchev–Trinajstić information content (AvgIpc) is 2.20. The van der Waals surface area contributed by atoms with Gasteiger partial charge in [0.2, 0.25) is 0 Å². The Morgan fingerprint density at radius 2 is 2.29 bits per heavy atom. The van der Waals surface area contributed by atoms with E-state index in [1.807, 2.05) is 0 Å². The summed E-state index contributed by atoms with van der Waals surface area (Å²) in [6, 6.07) is 4.94. The van der Waals surface area contributed by atoms with Crippen LogP contribution >= 0.6 is 0 Å². The molecule has 0 saturated carbocycles. The van der Waals surface area contributed by atoms with E-state index in [0.717, 1.165) is 0 Å². The summed E-state index contributed by atoms with van der Waals surface area (Å²) in [5.74, 6) is 0. The molecular weight excluding hydrogens is 206 g/mol. The summed E-state index contributed by atoms with van der Waals surface area (Å²) in [5, 5.41) is 7.32. The smallest absolute Gasteiger partial charge is 0.260 e. The van der Waals surface area contributed by atoms with Crippen LogP contribution in [0.25, 0.3) is 0 Å². The van der Waals surface area contributed by atoms with E-state index in [-0.39, 0.29) is 0 Å².